The molecule has 5 rings (SSSR count). The second-order valence-electron chi connectivity index (χ2n) is 21.5. The lowest BCUT2D eigenvalue weighted by Gasteiger charge is -2.49. The zero-order valence-corrected chi connectivity index (χ0v) is 44.4. The van der Waals surface area contributed by atoms with Crippen molar-refractivity contribution in [2.24, 2.45) is 17.8 Å². The van der Waals surface area contributed by atoms with Crippen molar-refractivity contribution in [3.05, 3.63) is 51.8 Å². The summed E-state index contributed by atoms with van der Waals surface area (Å²) in [7, 11) is 5.19. The molecule has 3 aliphatic heterocycles. The fourth-order valence-electron chi connectivity index (χ4n) is 10.8. The molecule has 408 valence electrons. The third-order valence-corrected chi connectivity index (χ3v) is 15.4. The van der Waals surface area contributed by atoms with Gasteiger partial charge in [0.25, 0.3) is 11.6 Å². The Morgan fingerprint density at radius 3 is 2.31 bits per heavy atom. The van der Waals surface area contributed by atoms with Crippen LogP contribution in [0.3, 0.4) is 0 Å². The number of carbonyl (C=O) groups is 2. The summed E-state index contributed by atoms with van der Waals surface area (Å²) in [4.78, 5) is 41.4. The third kappa shape index (κ3) is 14.1. The van der Waals surface area contributed by atoms with E-state index in [1.165, 1.54) is 38.3 Å². The Bertz CT molecular complexity index is 2080. The summed E-state index contributed by atoms with van der Waals surface area (Å²) < 4.78 is 39.8. The van der Waals surface area contributed by atoms with Gasteiger partial charge in [-0.3, -0.25) is 24.4 Å². The van der Waals surface area contributed by atoms with Crippen molar-refractivity contribution >= 4 is 17.6 Å². The van der Waals surface area contributed by atoms with Gasteiger partial charge >= 0.3 is 5.97 Å². The first-order chi connectivity index (χ1) is 33.6. The van der Waals surface area contributed by atoms with Crippen molar-refractivity contribution in [1.82, 2.24) is 30.1 Å². The number of nitro groups is 1. The highest BCUT2D eigenvalue weighted by Crippen LogP contribution is 2.40. The number of carbonyl (C=O) groups excluding carboxylic acids is 2. The van der Waals surface area contributed by atoms with E-state index in [4.69, 9.17) is 28.4 Å². The van der Waals surface area contributed by atoms with Crippen molar-refractivity contribution in [3.63, 3.8) is 0 Å². The van der Waals surface area contributed by atoms with Crippen LogP contribution in [0.2, 0.25) is 0 Å². The maximum Gasteiger partial charge on any atom is 0.311 e. The maximum absolute atomic E-state index is 14.5. The molecule has 3 fully saturated rings. The molecule has 4 heterocycles. The van der Waals surface area contributed by atoms with Gasteiger partial charge in [-0.2, -0.15) is 0 Å². The van der Waals surface area contributed by atoms with Gasteiger partial charge in [0.2, 0.25) is 0 Å². The summed E-state index contributed by atoms with van der Waals surface area (Å²) in [6, 6.07) is 4.27. The normalized spacial score (nSPS) is 38.9. The fourth-order valence-corrected chi connectivity index (χ4v) is 10.8. The summed E-state index contributed by atoms with van der Waals surface area (Å²) in [5, 5.41) is 81.8. The van der Waals surface area contributed by atoms with E-state index in [1.807, 2.05) is 37.7 Å². The van der Waals surface area contributed by atoms with E-state index in [1.54, 1.807) is 59.3 Å². The lowest BCUT2D eigenvalue weighted by Crippen LogP contribution is -2.61. The molecule has 0 bridgehead atoms. The van der Waals surface area contributed by atoms with Crippen molar-refractivity contribution in [2.75, 3.05) is 40.8 Å². The molecule has 22 nitrogen and oxygen atoms in total. The van der Waals surface area contributed by atoms with Crippen LogP contribution in [0.1, 0.15) is 111 Å². The quantitative estimate of drug-likeness (QED) is 0.0849. The highest BCUT2D eigenvalue weighted by Gasteiger charge is 2.53. The van der Waals surface area contributed by atoms with Crippen molar-refractivity contribution in [2.45, 2.75) is 198 Å². The number of ether oxygens (including phenoxy) is 6. The number of aliphatic hydroxyl groups excluding tert-OH is 3. The first-order valence-electron chi connectivity index (χ1n) is 25.3. The molecule has 0 radical (unpaired) electrons. The monoisotopic (exact) mass is 1020 g/mol. The number of likely N-dealkylation sites (N-methyl/N-ethyl adjacent to an activating group) is 2. The minimum Gasteiger partial charge on any atom is -0.459 e. The number of benzene rings is 1. The third-order valence-electron chi connectivity index (χ3n) is 15.4. The van der Waals surface area contributed by atoms with Crippen LogP contribution in [0.5, 0.6) is 0 Å². The maximum atomic E-state index is 14.5. The smallest absolute Gasteiger partial charge is 0.311 e. The Balaban J connectivity index is 1.38. The molecule has 0 spiro atoms. The number of methoxy groups -OCH3 is 1. The summed E-state index contributed by atoms with van der Waals surface area (Å²) in [5.41, 5.74) is -3.73. The number of rotatable bonds is 15. The number of aromatic nitrogens is 3. The molecule has 0 saturated carbocycles. The van der Waals surface area contributed by atoms with Crippen molar-refractivity contribution in [3.8, 4) is 0 Å². The first-order valence-corrected chi connectivity index (χ1v) is 25.3. The largest absolute Gasteiger partial charge is 0.459 e. The molecular weight excluding hydrogens is 939 g/mol. The lowest BCUT2D eigenvalue weighted by atomic mass is 9.77. The van der Waals surface area contributed by atoms with E-state index in [9.17, 15) is 45.2 Å². The van der Waals surface area contributed by atoms with Crippen molar-refractivity contribution < 1.29 is 68.5 Å². The minimum absolute atomic E-state index is 0.0816. The summed E-state index contributed by atoms with van der Waals surface area (Å²) >= 11 is 0. The van der Waals surface area contributed by atoms with Crippen molar-refractivity contribution in [1.29, 1.82) is 0 Å². The van der Waals surface area contributed by atoms with Gasteiger partial charge < -0.3 is 69.1 Å². The molecule has 3 saturated heterocycles. The van der Waals surface area contributed by atoms with E-state index < -0.39 is 113 Å². The summed E-state index contributed by atoms with van der Waals surface area (Å²) in [6.45, 7) is 18.8. The fraction of sp³-hybridized carbons (Fsp3) is 0.800. The molecule has 1 aromatic carbocycles. The van der Waals surface area contributed by atoms with Crippen LogP contribution < -0.4 is 5.32 Å². The molecule has 22 heteroatoms. The molecule has 72 heavy (non-hydrogen) atoms. The molecule has 1 aromatic heterocycles. The number of hydrogen-bond acceptors (Lipinski definition) is 19. The first kappa shape index (κ1) is 59.1. The Morgan fingerprint density at radius 1 is 1.01 bits per heavy atom. The zero-order valence-electron chi connectivity index (χ0n) is 44.4. The van der Waals surface area contributed by atoms with E-state index >= 15 is 0 Å². The van der Waals surface area contributed by atoms with Gasteiger partial charge in [-0.1, -0.05) is 26.0 Å². The standard InChI is InChI=1S/C50H83N7O15/c1-14-38-50(10,64)42(59)32(6)55(12)26-28(2)24-48(8,63)44(30(4)41(31(5)46(62)70-38)71-39-25-49(9,67-13)43(60)33(7)69-39)72-47-40(58)37(23-29(3)68-47)54(11)21-19-35-27-56(53-52-35)22-20-51-45(61)34-15-17-36(18-16-34)57(65)66/h15-18,27-33,37-44,47,58-60,63-64H,14,19-26H2,1-13H3,(H,51,61)/t28-,29-,30+,31-,32-,33+,37+,38-,39+,40-,41+,42-,43+,44-,47+,48-,49-,50-/m1/s1. The van der Waals surface area contributed by atoms with Crippen LogP contribution in [0.15, 0.2) is 30.5 Å². The molecule has 0 aliphatic carbocycles. The number of aliphatic hydroxyl groups is 5. The highest BCUT2D eigenvalue weighted by molar-refractivity contribution is 5.94. The predicted molar refractivity (Wildman–Crippen MR) is 262 cm³/mol. The van der Waals surface area contributed by atoms with E-state index in [2.05, 4.69) is 15.6 Å². The number of nitro benzene ring substituents is 1. The van der Waals surface area contributed by atoms with Gasteiger partial charge in [-0.05, 0) is 99.9 Å². The number of amides is 1. The number of hydrogen-bond donors (Lipinski definition) is 6. The SMILES string of the molecule is CC[C@H]1OC(=O)[C@H](C)[C@@H](O[C@H]2C[C@@](C)(OC)[C@@H](O)[C@H](C)O2)[C@H](C)[C@@H](O[C@@H]2O[C@H](C)C[C@H](N(C)CCc3cn(CCNC(=O)c4ccc([N+](=O)[O-])cc4)nn3)[C@H]2O)[C@](C)(O)C[C@@H](C)CN(C)[C@H](C)[C@@H](O)[C@]1(C)O. The van der Waals surface area contributed by atoms with E-state index in [0.717, 1.165) is 0 Å². The molecular formula is C50H83N7O15. The van der Waals surface area contributed by atoms with Gasteiger partial charge in [0.1, 0.15) is 30.0 Å². The van der Waals surface area contributed by atoms with Gasteiger partial charge in [-0.15, -0.1) is 5.10 Å². The van der Waals surface area contributed by atoms with Crippen LogP contribution in [0.4, 0.5) is 5.69 Å². The predicted octanol–water partition coefficient (Wildman–Crippen LogP) is 2.44. The number of cyclic esters (lactones) is 1. The minimum atomic E-state index is -1.85. The summed E-state index contributed by atoms with van der Waals surface area (Å²) in [5.74, 6) is -3.26. The van der Waals surface area contributed by atoms with Crippen LogP contribution in [-0.2, 0) is 46.2 Å². The lowest BCUT2D eigenvalue weighted by molar-refractivity contribution is -0.384. The Hall–Kier alpha value is -3.78. The number of esters is 1. The van der Waals surface area contributed by atoms with Gasteiger partial charge in [-0.25, -0.2) is 0 Å². The summed E-state index contributed by atoms with van der Waals surface area (Å²) in [6.07, 6.45) is -7.18. The van der Waals surface area contributed by atoms with E-state index in [-0.39, 0.29) is 43.3 Å². The second-order valence-corrected chi connectivity index (χ2v) is 21.5. The highest BCUT2D eigenvalue weighted by atomic mass is 16.7. The molecule has 6 N–H and O–H groups in total. The molecule has 2 aromatic rings. The average Bonchev–Trinajstić information content (AvgIpc) is 3.79. The second kappa shape index (κ2) is 24.7. The topological polar surface area (TPSA) is 283 Å². The zero-order chi connectivity index (χ0) is 53.6. The Kier molecular flexibility index (Phi) is 20.3. The number of non-ortho nitro benzene ring substituents is 1. The van der Waals surface area contributed by atoms with Gasteiger partial charge in [0.05, 0.1) is 58.7 Å². The molecule has 3 aliphatic rings. The van der Waals surface area contributed by atoms with Crippen LogP contribution in [0.25, 0.3) is 0 Å². The Labute approximate surface area is 423 Å². The Morgan fingerprint density at radius 2 is 1.68 bits per heavy atom. The van der Waals surface area contributed by atoms with Gasteiger partial charge in [0, 0.05) is 81.5 Å². The van der Waals surface area contributed by atoms with Crippen LogP contribution in [0, 0.1) is 27.9 Å². The number of nitrogens with zero attached hydrogens (tertiary/aromatic N) is 6. The van der Waals surface area contributed by atoms with E-state index in [0.29, 0.717) is 43.7 Å². The number of nitrogens with one attached hydrogen (secondary N) is 1. The van der Waals surface area contributed by atoms with Crippen LogP contribution in [-0.4, -0.2) is 198 Å². The molecule has 0 unspecified atom stereocenters. The molecule has 18 atom stereocenters. The average molecular weight is 1020 g/mol. The molecule has 1 amide bonds. The van der Waals surface area contributed by atoms with Crippen LogP contribution >= 0.6 is 0 Å². The van der Waals surface area contributed by atoms with Gasteiger partial charge in [0.15, 0.2) is 12.6 Å².